The minimum atomic E-state index is -0.274. The number of carbonyl (C=O) groups excluding carboxylic acids is 3. The molecule has 7 nitrogen and oxygen atoms in total. The van der Waals surface area contributed by atoms with Gasteiger partial charge in [-0.25, -0.2) is 0 Å². The maximum Gasteiger partial charge on any atom is 0.238 e. The van der Waals surface area contributed by atoms with Gasteiger partial charge in [0.15, 0.2) is 0 Å². The fourth-order valence-corrected chi connectivity index (χ4v) is 3.53. The summed E-state index contributed by atoms with van der Waals surface area (Å²) in [7, 11) is 0. The molecular weight excluding hydrogens is 416 g/mol. The number of anilines is 2. The first-order valence-electron chi connectivity index (χ1n) is 11.3. The minimum absolute atomic E-state index is 0.0485. The van der Waals surface area contributed by atoms with E-state index in [0.717, 1.165) is 33.6 Å². The van der Waals surface area contributed by atoms with Gasteiger partial charge in [-0.3, -0.25) is 19.3 Å². The van der Waals surface area contributed by atoms with Crippen LogP contribution in [0.15, 0.2) is 36.4 Å². The topological polar surface area (TPSA) is 90.5 Å². The van der Waals surface area contributed by atoms with Gasteiger partial charge in [0.25, 0.3) is 0 Å². The van der Waals surface area contributed by atoms with Gasteiger partial charge in [-0.2, -0.15) is 0 Å². The van der Waals surface area contributed by atoms with Crippen molar-refractivity contribution >= 4 is 29.1 Å². The Kier molecular flexibility index (Phi) is 9.60. The normalized spacial score (nSPS) is 10.9. The van der Waals surface area contributed by atoms with E-state index in [1.165, 1.54) is 0 Å². The maximum atomic E-state index is 12.8. The number of nitrogens with zero attached hydrogens (tertiary/aromatic N) is 1. The van der Waals surface area contributed by atoms with E-state index in [1.807, 2.05) is 77.9 Å². The molecule has 3 N–H and O–H groups in total. The van der Waals surface area contributed by atoms with Crippen molar-refractivity contribution in [1.82, 2.24) is 10.2 Å². The highest BCUT2D eigenvalue weighted by Crippen LogP contribution is 2.20. The fourth-order valence-electron chi connectivity index (χ4n) is 3.53. The van der Waals surface area contributed by atoms with Crippen molar-refractivity contribution in [2.75, 3.05) is 36.8 Å². The molecule has 2 aromatic rings. The van der Waals surface area contributed by atoms with Gasteiger partial charge < -0.3 is 16.0 Å². The quantitative estimate of drug-likeness (QED) is 0.514. The standard InChI is InChI=1S/C26H36N4O3/c1-17(2)13-27-22(31)14-30(15-23(32)28-25-18(3)9-7-10-19(25)4)16-24(33)29-26-20(5)11-8-12-21(26)6/h7-12,17H,13-16H2,1-6H3,(H,27,31)(H,28,32)(H,29,33). The lowest BCUT2D eigenvalue weighted by Gasteiger charge is -2.22. The molecule has 0 aliphatic heterocycles. The molecule has 7 heteroatoms. The Balaban J connectivity index is 2.10. The number of amides is 3. The molecule has 0 spiro atoms. The van der Waals surface area contributed by atoms with Crippen LogP contribution in [0.3, 0.4) is 0 Å². The molecule has 2 rings (SSSR count). The second kappa shape index (κ2) is 12.2. The number of benzene rings is 2. The largest absolute Gasteiger partial charge is 0.355 e. The lowest BCUT2D eigenvalue weighted by atomic mass is 10.1. The van der Waals surface area contributed by atoms with Crippen LogP contribution < -0.4 is 16.0 Å². The third-order valence-corrected chi connectivity index (χ3v) is 5.30. The van der Waals surface area contributed by atoms with Gasteiger partial charge in [0.1, 0.15) is 0 Å². The van der Waals surface area contributed by atoms with Crippen LogP contribution in [0.5, 0.6) is 0 Å². The SMILES string of the molecule is Cc1cccc(C)c1NC(=O)CN(CC(=O)NCC(C)C)CC(=O)Nc1c(C)cccc1C. The second-order valence-electron chi connectivity index (χ2n) is 8.97. The van der Waals surface area contributed by atoms with Gasteiger partial charge in [-0.15, -0.1) is 0 Å². The number of carbonyl (C=O) groups is 3. The predicted molar refractivity (Wildman–Crippen MR) is 133 cm³/mol. The summed E-state index contributed by atoms with van der Waals surface area (Å²) in [5.41, 5.74) is 5.34. The monoisotopic (exact) mass is 452 g/mol. The van der Waals surface area contributed by atoms with Crippen molar-refractivity contribution in [3.05, 3.63) is 58.7 Å². The molecule has 0 atom stereocenters. The Bertz CT molecular complexity index is 893. The summed E-state index contributed by atoms with van der Waals surface area (Å²) in [5.74, 6) is -0.460. The molecule has 0 saturated heterocycles. The first-order chi connectivity index (χ1) is 15.6. The number of nitrogens with one attached hydrogen (secondary N) is 3. The van der Waals surface area contributed by atoms with E-state index in [0.29, 0.717) is 12.5 Å². The molecule has 178 valence electrons. The van der Waals surface area contributed by atoms with Gasteiger partial charge in [0.05, 0.1) is 19.6 Å². The van der Waals surface area contributed by atoms with Crippen LogP contribution in [-0.4, -0.2) is 48.8 Å². The smallest absolute Gasteiger partial charge is 0.238 e. The van der Waals surface area contributed by atoms with Crippen molar-refractivity contribution in [3.63, 3.8) is 0 Å². The Labute approximate surface area is 196 Å². The predicted octanol–water partition coefficient (Wildman–Crippen LogP) is 3.57. The highest BCUT2D eigenvalue weighted by Gasteiger charge is 2.19. The van der Waals surface area contributed by atoms with Gasteiger partial charge in [0.2, 0.25) is 17.7 Å². The van der Waals surface area contributed by atoms with E-state index < -0.39 is 0 Å². The van der Waals surface area contributed by atoms with E-state index in [-0.39, 0.29) is 37.4 Å². The summed E-state index contributed by atoms with van der Waals surface area (Å²) >= 11 is 0. The molecule has 2 aromatic carbocycles. The van der Waals surface area contributed by atoms with Crippen LogP contribution in [0, 0.1) is 33.6 Å². The van der Waals surface area contributed by atoms with Crippen LogP contribution in [0.2, 0.25) is 0 Å². The summed E-state index contributed by atoms with van der Waals surface area (Å²) in [4.78, 5) is 39.6. The molecule has 0 unspecified atom stereocenters. The molecule has 0 fully saturated rings. The number of aryl methyl sites for hydroxylation is 4. The molecule has 0 bridgehead atoms. The minimum Gasteiger partial charge on any atom is -0.355 e. The number of rotatable bonds is 10. The Morgan fingerprint density at radius 3 is 1.42 bits per heavy atom. The summed E-state index contributed by atoms with van der Waals surface area (Å²) < 4.78 is 0. The van der Waals surface area contributed by atoms with E-state index in [9.17, 15) is 14.4 Å². The van der Waals surface area contributed by atoms with E-state index >= 15 is 0 Å². The second-order valence-corrected chi connectivity index (χ2v) is 8.97. The van der Waals surface area contributed by atoms with Gasteiger partial charge in [-0.05, 0) is 55.9 Å². The van der Waals surface area contributed by atoms with Gasteiger partial charge in [-0.1, -0.05) is 50.2 Å². The molecule has 3 amide bonds. The van der Waals surface area contributed by atoms with Crippen LogP contribution in [0.25, 0.3) is 0 Å². The van der Waals surface area contributed by atoms with Crippen molar-refractivity contribution < 1.29 is 14.4 Å². The molecular formula is C26H36N4O3. The lowest BCUT2D eigenvalue weighted by Crippen LogP contribution is -2.45. The third-order valence-electron chi connectivity index (χ3n) is 5.30. The molecule has 0 aromatic heterocycles. The van der Waals surface area contributed by atoms with Crippen molar-refractivity contribution in [3.8, 4) is 0 Å². The Morgan fingerprint density at radius 2 is 1.06 bits per heavy atom. The summed E-state index contributed by atoms with van der Waals surface area (Å²) in [6.45, 7) is 12.1. The maximum absolute atomic E-state index is 12.8. The summed E-state index contributed by atoms with van der Waals surface area (Å²) in [5, 5.41) is 8.71. The average molecular weight is 453 g/mol. The summed E-state index contributed by atoms with van der Waals surface area (Å²) in [6.07, 6.45) is 0. The fraction of sp³-hybridized carbons (Fsp3) is 0.423. The lowest BCUT2D eigenvalue weighted by molar-refractivity contribution is -0.124. The number of hydrogen-bond acceptors (Lipinski definition) is 4. The number of para-hydroxylation sites is 2. The third kappa shape index (κ3) is 8.35. The zero-order valence-electron chi connectivity index (χ0n) is 20.5. The molecule has 0 saturated carbocycles. The van der Waals surface area contributed by atoms with Crippen molar-refractivity contribution in [2.45, 2.75) is 41.5 Å². The van der Waals surface area contributed by atoms with Crippen LogP contribution in [0.4, 0.5) is 11.4 Å². The average Bonchev–Trinajstić information content (AvgIpc) is 2.72. The molecule has 0 aliphatic rings. The molecule has 33 heavy (non-hydrogen) atoms. The van der Waals surface area contributed by atoms with Crippen LogP contribution >= 0.6 is 0 Å². The zero-order chi connectivity index (χ0) is 24.5. The van der Waals surface area contributed by atoms with Gasteiger partial charge >= 0.3 is 0 Å². The zero-order valence-corrected chi connectivity index (χ0v) is 20.5. The highest BCUT2D eigenvalue weighted by molar-refractivity contribution is 5.96. The highest BCUT2D eigenvalue weighted by atomic mass is 16.2. The molecule has 0 heterocycles. The van der Waals surface area contributed by atoms with Crippen molar-refractivity contribution in [1.29, 1.82) is 0 Å². The van der Waals surface area contributed by atoms with Crippen LogP contribution in [0.1, 0.15) is 36.1 Å². The van der Waals surface area contributed by atoms with Crippen molar-refractivity contribution in [2.24, 2.45) is 5.92 Å². The Hall–Kier alpha value is -3.19. The first kappa shape index (κ1) is 26.1. The van der Waals surface area contributed by atoms with E-state index in [2.05, 4.69) is 16.0 Å². The van der Waals surface area contributed by atoms with Crippen LogP contribution in [-0.2, 0) is 14.4 Å². The summed E-state index contributed by atoms with van der Waals surface area (Å²) in [6, 6.07) is 11.6. The molecule has 0 aliphatic carbocycles. The van der Waals surface area contributed by atoms with E-state index in [1.54, 1.807) is 4.90 Å². The Morgan fingerprint density at radius 1 is 0.697 bits per heavy atom. The number of hydrogen-bond donors (Lipinski definition) is 3. The first-order valence-corrected chi connectivity index (χ1v) is 11.3. The van der Waals surface area contributed by atoms with Gasteiger partial charge in [0, 0.05) is 17.9 Å². The molecule has 0 radical (unpaired) electrons. The van der Waals surface area contributed by atoms with E-state index in [4.69, 9.17) is 0 Å².